The lowest BCUT2D eigenvalue weighted by molar-refractivity contribution is -0.134. The van der Waals surface area contributed by atoms with Crippen LogP contribution < -0.4 is 60.8 Å². The lowest BCUT2D eigenvalue weighted by atomic mass is 9.84. The van der Waals surface area contributed by atoms with Gasteiger partial charge in [-0.05, 0) is 82.9 Å². The van der Waals surface area contributed by atoms with Crippen molar-refractivity contribution in [3.05, 3.63) is 60.2 Å². The van der Waals surface area contributed by atoms with E-state index in [9.17, 15) is 19.2 Å². The number of allylic oxidation sites excluding steroid dienone is 4. The summed E-state index contributed by atoms with van der Waals surface area (Å²) in [4.78, 5) is 64.1. The van der Waals surface area contributed by atoms with Crippen LogP contribution in [-0.2, 0) is 19.2 Å². The maximum atomic E-state index is 13.7. The Hall–Kier alpha value is -6.07. The molecule has 18 heteroatoms. The molecule has 1 rings (SSSR count). The molecule has 1 aromatic rings. The minimum Gasteiger partial charge on any atom is -0.484 e. The van der Waals surface area contributed by atoms with Gasteiger partial charge in [0.1, 0.15) is 23.9 Å². The third kappa shape index (κ3) is 21.6. The van der Waals surface area contributed by atoms with Crippen molar-refractivity contribution in [2.24, 2.45) is 60.5 Å². The summed E-state index contributed by atoms with van der Waals surface area (Å²) in [6.07, 6.45) is 11.4. The van der Waals surface area contributed by atoms with Crippen LogP contribution in [0.2, 0.25) is 0 Å². The average Bonchev–Trinajstić information content (AvgIpc) is 3.13. The zero-order valence-corrected chi connectivity index (χ0v) is 33.0. The molecule has 4 atom stereocenters. The lowest BCUT2D eigenvalue weighted by Crippen LogP contribution is -2.56. The normalized spacial score (nSPS) is 13.4. The molecule has 17 N–H and O–H groups in total. The summed E-state index contributed by atoms with van der Waals surface area (Å²) in [7, 11) is 0. The van der Waals surface area contributed by atoms with Crippen molar-refractivity contribution in [2.75, 3.05) is 26.2 Å². The molecule has 56 heavy (non-hydrogen) atoms. The van der Waals surface area contributed by atoms with Gasteiger partial charge in [0.25, 0.3) is 5.91 Å². The number of hydrogen-bond donors (Lipinski definition) is 10. The lowest BCUT2D eigenvalue weighted by Gasteiger charge is -2.25. The molecule has 0 heterocycles. The highest BCUT2D eigenvalue weighted by molar-refractivity contribution is 5.94. The molecule has 0 saturated carbocycles. The standard InChI is InChI=1S/C38H63N13O5/c1-5-38(4,19-6-10-25(2)3)20-18-26-14-16-27(17-15-26)56-24-31(52)49-29(12-8-22-47-36(42)43)33(54)51-30(13-9-23-48-37(44)45)34(55)50-28(32(39)53)11-7-21-46-35(40)41/h5,10,14-18,20,28-30H,1,6-9,11-13,19,21-24H2,2-4H3,(H2,39,53)(H,49,52)(H,50,55)(H,51,54)(H4,40,41,46)(H4,42,43,47)(H4,44,45,48)/b20-18+/t28-,29-,30-,38-/m0/s1. The Morgan fingerprint density at radius 1 is 0.750 bits per heavy atom. The van der Waals surface area contributed by atoms with Crippen LogP contribution in [0.15, 0.2) is 69.6 Å². The van der Waals surface area contributed by atoms with Crippen molar-refractivity contribution in [1.29, 1.82) is 0 Å². The fourth-order valence-corrected chi connectivity index (χ4v) is 5.15. The summed E-state index contributed by atoms with van der Waals surface area (Å²) in [5, 5.41) is 7.95. The summed E-state index contributed by atoms with van der Waals surface area (Å²) >= 11 is 0. The first-order valence-corrected chi connectivity index (χ1v) is 18.5. The third-order valence-corrected chi connectivity index (χ3v) is 8.39. The van der Waals surface area contributed by atoms with E-state index in [-0.39, 0.29) is 68.6 Å². The molecular formula is C38H63N13O5. The first-order chi connectivity index (χ1) is 26.4. The maximum Gasteiger partial charge on any atom is 0.258 e. The third-order valence-electron chi connectivity index (χ3n) is 8.39. The monoisotopic (exact) mass is 782 g/mol. The minimum atomic E-state index is -1.15. The van der Waals surface area contributed by atoms with E-state index in [4.69, 9.17) is 44.9 Å². The molecular weight excluding hydrogens is 719 g/mol. The molecule has 0 aromatic heterocycles. The van der Waals surface area contributed by atoms with Crippen molar-refractivity contribution < 1.29 is 23.9 Å². The Bertz CT molecular complexity index is 1570. The topological polar surface area (TPSA) is 333 Å². The number of rotatable bonds is 27. The molecule has 310 valence electrons. The van der Waals surface area contributed by atoms with E-state index in [1.165, 1.54) is 5.57 Å². The van der Waals surface area contributed by atoms with Crippen molar-refractivity contribution in [2.45, 2.75) is 90.3 Å². The molecule has 4 amide bonds. The van der Waals surface area contributed by atoms with Crippen molar-refractivity contribution in [1.82, 2.24) is 16.0 Å². The number of amides is 4. The number of nitrogens with zero attached hydrogens (tertiary/aromatic N) is 3. The van der Waals surface area contributed by atoms with Crippen LogP contribution in [0.4, 0.5) is 0 Å². The molecule has 0 bridgehead atoms. The molecule has 1 aromatic carbocycles. The second kappa shape index (κ2) is 25.9. The van der Waals surface area contributed by atoms with E-state index < -0.39 is 48.4 Å². The average molecular weight is 782 g/mol. The molecule has 0 saturated heterocycles. The van der Waals surface area contributed by atoms with Gasteiger partial charge in [0.05, 0.1) is 0 Å². The summed E-state index contributed by atoms with van der Waals surface area (Å²) in [6, 6.07) is 3.89. The summed E-state index contributed by atoms with van der Waals surface area (Å²) in [5.41, 5.74) is 40.0. The van der Waals surface area contributed by atoms with Gasteiger partial charge in [0, 0.05) is 25.0 Å². The van der Waals surface area contributed by atoms with Crippen LogP contribution in [0.25, 0.3) is 6.08 Å². The van der Waals surface area contributed by atoms with E-state index in [2.05, 4.69) is 70.4 Å². The van der Waals surface area contributed by atoms with Crippen molar-refractivity contribution >= 4 is 47.6 Å². The predicted octanol–water partition coefficient (Wildman–Crippen LogP) is 0.118. The Labute approximate surface area is 330 Å². The number of guanidine groups is 3. The minimum absolute atomic E-state index is 0.0829. The smallest absolute Gasteiger partial charge is 0.258 e. The Kier molecular flexibility index (Phi) is 22.1. The van der Waals surface area contributed by atoms with Gasteiger partial charge in [-0.2, -0.15) is 0 Å². The maximum absolute atomic E-state index is 13.7. The van der Waals surface area contributed by atoms with Gasteiger partial charge in [-0.1, -0.05) is 48.9 Å². The Morgan fingerprint density at radius 3 is 1.66 bits per heavy atom. The highest BCUT2D eigenvalue weighted by Crippen LogP contribution is 2.28. The van der Waals surface area contributed by atoms with E-state index in [1.54, 1.807) is 12.1 Å². The fraction of sp³-hybridized carbons (Fsp3) is 0.500. The fourth-order valence-electron chi connectivity index (χ4n) is 5.15. The van der Waals surface area contributed by atoms with E-state index in [1.807, 2.05) is 24.3 Å². The quantitative estimate of drug-likeness (QED) is 0.0247. The van der Waals surface area contributed by atoms with Gasteiger partial charge < -0.3 is 60.8 Å². The van der Waals surface area contributed by atoms with Crippen LogP contribution >= 0.6 is 0 Å². The number of carbonyl (C=O) groups is 4. The number of benzene rings is 1. The summed E-state index contributed by atoms with van der Waals surface area (Å²) in [6.45, 7) is 10.5. The van der Waals surface area contributed by atoms with Crippen molar-refractivity contribution in [3.8, 4) is 5.75 Å². The second-order valence-corrected chi connectivity index (χ2v) is 13.7. The molecule has 0 fully saturated rings. The van der Waals surface area contributed by atoms with E-state index in [0.717, 1.165) is 18.4 Å². The van der Waals surface area contributed by atoms with Gasteiger partial charge in [-0.25, -0.2) is 0 Å². The van der Waals surface area contributed by atoms with Crippen LogP contribution in [-0.4, -0.2) is 85.9 Å². The summed E-state index contributed by atoms with van der Waals surface area (Å²) in [5.74, 6) is -2.66. The molecule has 0 aliphatic carbocycles. The number of aliphatic imine (C=N–C) groups is 3. The number of ether oxygens (including phenoxy) is 1. The van der Waals surface area contributed by atoms with E-state index in [0.29, 0.717) is 18.6 Å². The van der Waals surface area contributed by atoms with Gasteiger partial charge in [0.2, 0.25) is 17.7 Å². The highest BCUT2D eigenvalue weighted by atomic mass is 16.5. The number of nitrogens with one attached hydrogen (secondary N) is 3. The van der Waals surface area contributed by atoms with Crippen LogP contribution in [0.5, 0.6) is 5.75 Å². The second-order valence-electron chi connectivity index (χ2n) is 13.7. The predicted molar refractivity (Wildman–Crippen MR) is 223 cm³/mol. The molecule has 0 spiro atoms. The molecule has 0 radical (unpaired) electrons. The summed E-state index contributed by atoms with van der Waals surface area (Å²) < 4.78 is 5.72. The van der Waals surface area contributed by atoms with Crippen LogP contribution in [0.3, 0.4) is 0 Å². The largest absolute Gasteiger partial charge is 0.484 e. The molecule has 0 aliphatic heterocycles. The van der Waals surface area contributed by atoms with Gasteiger partial charge >= 0.3 is 0 Å². The van der Waals surface area contributed by atoms with Gasteiger partial charge in [0.15, 0.2) is 24.5 Å². The zero-order valence-electron chi connectivity index (χ0n) is 33.0. The van der Waals surface area contributed by atoms with Gasteiger partial charge in [-0.3, -0.25) is 34.2 Å². The number of primary amides is 1. The first kappa shape index (κ1) is 48.0. The number of hydrogen-bond acceptors (Lipinski definition) is 8. The number of nitrogens with two attached hydrogens (primary N) is 7. The molecule has 0 aliphatic rings. The van der Waals surface area contributed by atoms with Gasteiger partial charge in [-0.15, -0.1) is 6.58 Å². The molecule has 18 nitrogen and oxygen atoms in total. The van der Waals surface area contributed by atoms with Crippen LogP contribution in [0.1, 0.15) is 77.7 Å². The Balaban J connectivity index is 3.07. The first-order valence-electron chi connectivity index (χ1n) is 18.5. The highest BCUT2D eigenvalue weighted by Gasteiger charge is 2.29. The van der Waals surface area contributed by atoms with Crippen LogP contribution in [0, 0.1) is 5.41 Å². The molecule has 0 unspecified atom stereocenters. The van der Waals surface area contributed by atoms with E-state index >= 15 is 0 Å². The Morgan fingerprint density at radius 2 is 1.21 bits per heavy atom. The zero-order chi connectivity index (χ0) is 42.1. The SMILES string of the molecule is C=C[C@](C)(/C=C/c1ccc(OCC(=O)N[C@@H](CCCN=C(N)N)C(=O)N[C@@H](CCCN=C(N)N)C(=O)N[C@@H](CCCN=C(N)N)C(N)=O)cc1)CCC=C(C)C. The van der Waals surface area contributed by atoms with Crippen molar-refractivity contribution in [3.63, 3.8) is 0 Å². The number of carbonyl (C=O) groups excluding carboxylic acids is 4.